The minimum absolute atomic E-state index is 0.0530. The first-order valence-corrected chi connectivity index (χ1v) is 15.5. The summed E-state index contributed by atoms with van der Waals surface area (Å²) in [5.41, 5.74) is 12.1. The van der Waals surface area contributed by atoms with Crippen LogP contribution in [0.3, 0.4) is 0 Å². The second-order valence-electron chi connectivity index (χ2n) is 11.8. The Hall–Kier alpha value is -5.44. The maximum atomic E-state index is 5.19. The fraction of sp³-hybridized carbons (Fsp3) is 0.222. The molecule has 8 rings (SSSR count). The van der Waals surface area contributed by atoms with Crippen LogP contribution < -0.4 is 0 Å². The van der Waals surface area contributed by atoms with Crippen molar-refractivity contribution in [1.82, 2.24) is 39.7 Å². The summed E-state index contributed by atoms with van der Waals surface area (Å²) in [5.74, 6) is 2.79. The van der Waals surface area contributed by atoms with E-state index >= 15 is 0 Å². The van der Waals surface area contributed by atoms with Crippen molar-refractivity contribution in [3.05, 3.63) is 119 Å². The predicted molar refractivity (Wildman–Crippen MR) is 177 cm³/mol. The first kappa shape index (κ1) is 27.1. The minimum Gasteiger partial charge on any atom is -0.327 e. The number of rotatable bonds is 8. The van der Waals surface area contributed by atoms with Gasteiger partial charge in [-0.05, 0) is 65.9 Å². The van der Waals surface area contributed by atoms with E-state index in [-0.39, 0.29) is 5.92 Å². The van der Waals surface area contributed by atoms with Gasteiger partial charge in [-0.1, -0.05) is 66.7 Å². The van der Waals surface area contributed by atoms with Crippen LogP contribution in [-0.4, -0.2) is 45.4 Å². The van der Waals surface area contributed by atoms with E-state index in [0.717, 1.165) is 74.6 Å². The lowest BCUT2D eigenvalue weighted by Crippen LogP contribution is -2.14. The molecule has 0 bridgehead atoms. The maximum Gasteiger partial charge on any atom is 0.175 e. The monoisotopic (exact) mass is 591 g/mol. The smallest absolute Gasteiger partial charge is 0.175 e. The summed E-state index contributed by atoms with van der Waals surface area (Å²) in [4.78, 5) is 15.3. The molecule has 0 radical (unpaired) electrons. The average molecular weight is 592 g/mol. The van der Waals surface area contributed by atoms with Gasteiger partial charge in [-0.25, -0.2) is 9.97 Å². The van der Waals surface area contributed by atoms with Gasteiger partial charge in [0, 0.05) is 37.9 Å². The van der Waals surface area contributed by atoms with Gasteiger partial charge >= 0.3 is 0 Å². The number of hydrogen-bond acceptors (Lipinski definition) is 6. The Kier molecular flexibility index (Phi) is 6.59. The molecule has 0 amide bonds. The molecule has 45 heavy (non-hydrogen) atoms. The zero-order valence-corrected chi connectivity index (χ0v) is 25.6. The highest BCUT2D eigenvalue weighted by molar-refractivity contribution is 6.10. The first-order chi connectivity index (χ1) is 22.1. The average Bonchev–Trinajstić information content (AvgIpc) is 3.85. The first-order valence-electron chi connectivity index (χ1n) is 15.5. The molecule has 0 spiro atoms. The second kappa shape index (κ2) is 10.9. The van der Waals surface area contributed by atoms with Crippen LogP contribution in [0.1, 0.15) is 53.2 Å². The van der Waals surface area contributed by atoms with E-state index in [1.807, 2.05) is 12.1 Å². The van der Waals surface area contributed by atoms with Gasteiger partial charge in [0.15, 0.2) is 5.82 Å². The largest absolute Gasteiger partial charge is 0.327 e. The number of imidazole rings is 2. The lowest BCUT2D eigenvalue weighted by atomic mass is 9.88. The molecule has 9 nitrogen and oxygen atoms in total. The SMILES string of the molecule is CCCc1nc2c(C)cc(-c3nc4ccccc4n3C)cc2n1Cc1ccc2c(c1)N=C(c1ccccc1)C2Cc1nn[nH]n1. The van der Waals surface area contributed by atoms with E-state index in [1.165, 1.54) is 11.1 Å². The molecule has 4 aromatic carbocycles. The molecule has 0 saturated heterocycles. The fourth-order valence-corrected chi connectivity index (χ4v) is 6.71. The van der Waals surface area contributed by atoms with Gasteiger partial charge in [0.25, 0.3) is 0 Å². The molecule has 0 saturated carbocycles. The second-order valence-corrected chi connectivity index (χ2v) is 11.8. The van der Waals surface area contributed by atoms with Crippen molar-refractivity contribution in [3.8, 4) is 11.4 Å². The molecule has 9 heteroatoms. The van der Waals surface area contributed by atoms with Crippen LogP contribution in [0, 0.1) is 6.92 Å². The third-order valence-corrected chi connectivity index (χ3v) is 8.87. The Bertz CT molecular complexity index is 2200. The van der Waals surface area contributed by atoms with Crippen molar-refractivity contribution in [1.29, 1.82) is 0 Å². The predicted octanol–water partition coefficient (Wildman–Crippen LogP) is 6.87. The Morgan fingerprint density at radius 2 is 1.71 bits per heavy atom. The van der Waals surface area contributed by atoms with E-state index in [2.05, 4.69) is 123 Å². The molecule has 0 fully saturated rings. The topological polar surface area (TPSA) is 102 Å². The van der Waals surface area contributed by atoms with Crippen LogP contribution in [0.25, 0.3) is 33.5 Å². The van der Waals surface area contributed by atoms with Gasteiger partial charge < -0.3 is 9.13 Å². The number of H-pyrrole nitrogens is 1. The number of aryl methyl sites for hydroxylation is 3. The normalized spacial score (nSPS) is 14.4. The Balaban J connectivity index is 1.21. The highest BCUT2D eigenvalue weighted by atomic mass is 15.5. The number of para-hydroxylation sites is 2. The standard InChI is InChI=1S/C36H33N9/c1-4-10-33-39-34-22(2)17-25(36-38-28-13-8-9-14-30(28)44(36)3)19-31(34)45(33)21-23-15-16-26-27(20-32-40-42-43-41-32)35(37-29(26)18-23)24-11-6-5-7-12-24/h5-9,11-19,27H,4,10,20-21H2,1-3H3,(H,40,41,42,43). The lowest BCUT2D eigenvalue weighted by molar-refractivity contribution is 0.721. The lowest BCUT2D eigenvalue weighted by Gasteiger charge is -2.14. The molecule has 1 aliphatic heterocycles. The van der Waals surface area contributed by atoms with Crippen LogP contribution in [-0.2, 0) is 26.4 Å². The summed E-state index contributed by atoms with van der Waals surface area (Å²) in [7, 11) is 2.09. The van der Waals surface area contributed by atoms with Crippen LogP contribution in [0.5, 0.6) is 0 Å². The molecular formula is C36H33N9. The van der Waals surface area contributed by atoms with E-state index in [1.54, 1.807) is 0 Å². The van der Waals surface area contributed by atoms with Gasteiger partial charge in [-0.15, -0.1) is 10.2 Å². The number of aromatic amines is 1. The van der Waals surface area contributed by atoms with Crippen molar-refractivity contribution in [3.63, 3.8) is 0 Å². The zero-order valence-electron chi connectivity index (χ0n) is 25.6. The van der Waals surface area contributed by atoms with Crippen molar-refractivity contribution in [2.24, 2.45) is 12.0 Å². The third-order valence-electron chi connectivity index (χ3n) is 8.87. The van der Waals surface area contributed by atoms with Gasteiger partial charge in [-0.3, -0.25) is 4.99 Å². The van der Waals surface area contributed by atoms with E-state index in [9.17, 15) is 0 Å². The minimum atomic E-state index is 0.0530. The molecule has 3 aromatic heterocycles. The Labute approximate surface area is 260 Å². The van der Waals surface area contributed by atoms with Gasteiger partial charge in [0.1, 0.15) is 11.6 Å². The number of nitrogens with zero attached hydrogens (tertiary/aromatic N) is 8. The van der Waals surface area contributed by atoms with Crippen LogP contribution >= 0.6 is 0 Å². The van der Waals surface area contributed by atoms with Gasteiger partial charge in [0.05, 0.1) is 33.5 Å². The van der Waals surface area contributed by atoms with Gasteiger partial charge in [0.2, 0.25) is 0 Å². The quantitative estimate of drug-likeness (QED) is 0.208. The fourth-order valence-electron chi connectivity index (χ4n) is 6.71. The van der Waals surface area contributed by atoms with E-state index in [0.29, 0.717) is 18.8 Å². The Morgan fingerprint density at radius 3 is 2.51 bits per heavy atom. The number of hydrogen-bond donors (Lipinski definition) is 1. The molecule has 0 aliphatic carbocycles. The molecule has 4 heterocycles. The summed E-state index contributed by atoms with van der Waals surface area (Å²) in [6.45, 7) is 5.07. The van der Waals surface area contributed by atoms with Crippen molar-refractivity contribution in [2.45, 2.75) is 45.6 Å². The number of fused-ring (bicyclic) bond motifs is 3. The molecule has 1 unspecified atom stereocenters. The maximum absolute atomic E-state index is 5.19. The van der Waals surface area contributed by atoms with Gasteiger partial charge in [-0.2, -0.15) is 5.21 Å². The van der Waals surface area contributed by atoms with Crippen LogP contribution in [0.4, 0.5) is 5.69 Å². The number of aromatic nitrogens is 8. The van der Waals surface area contributed by atoms with E-state index < -0.39 is 0 Å². The van der Waals surface area contributed by atoms with Crippen LogP contribution in [0.15, 0.2) is 89.9 Å². The van der Waals surface area contributed by atoms with Crippen LogP contribution in [0.2, 0.25) is 0 Å². The zero-order chi connectivity index (χ0) is 30.5. The number of nitrogens with one attached hydrogen (secondary N) is 1. The summed E-state index contributed by atoms with van der Waals surface area (Å²) >= 11 is 0. The molecular weight excluding hydrogens is 558 g/mol. The summed E-state index contributed by atoms with van der Waals surface area (Å²) in [6.07, 6.45) is 2.56. The highest BCUT2D eigenvalue weighted by Crippen LogP contribution is 2.40. The summed E-state index contributed by atoms with van der Waals surface area (Å²) in [5, 5.41) is 14.8. The molecule has 1 aliphatic rings. The molecule has 1 atom stereocenters. The molecule has 222 valence electrons. The highest BCUT2D eigenvalue weighted by Gasteiger charge is 2.30. The number of tetrazole rings is 1. The number of benzene rings is 4. The number of aliphatic imine (C=N–C) groups is 1. The molecule has 7 aromatic rings. The van der Waals surface area contributed by atoms with Crippen molar-refractivity contribution >= 4 is 33.5 Å². The van der Waals surface area contributed by atoms with Crippen molar-refractivity contribution in [2.75, 3.05) is 0 Å². The Morgan fingerprint density at radius 1 is 0.867 bits per heavy atom. The summed E-state index contributed by atoms with van der Waals surface area (Å²) < 4.78 is 4.56. The van der Waals surface area contributed by atoms with Crippen molar-refractivity contribution < 1.29 is 0 Å². The third kappa shape index (κ3) is 4.71. The summed E-state index contributed by atoms with van der Waals surface area (Å²) in [6, 6.07) is 29.8. The molecule has 1 N–H and O–H groups in total. The van der Waals surface area contributed by atoms with E-state index in [4.69, 9.17) is 15.0 Å².